The van der Waals surface area contributed by atoms with E-state index in [1.54, 1.807) is 19.2 Å². The minimum absolute atomic E-state index is 0.463. The second-order valence-corrected chi connectivity index (χ2v) is 6.72. The van der Waals surface area contributed by atoms with Crippen LogP contribution in [-0.2, 0) is 20.9 Å². The van der Waals surface area contributed by atoms with Gasteiger partial charge in [0.05, 0.1) is 6.61 Å². The predicted octanol–water partition coefficient (Wildman–Crippen LogP) is 2.01. The Morgan fingerprint density at radius 1 is 1.24 bits per heavy atom. The average molecular weight is 347 g/mol. The van der Waals surface area contributed by atoms with Gasteiger partial charge in [0.25, 0.3) is 0 Å². The molecule has 0 spiro atoms. The minimum Gasteiger partial charge on any atom is -0.380 e. The van der Waals surface area contributed by atoms with E-state index in [1.165, 1.54) is 12.8 Å². The summed E-state index contributed by atoms with van der Waals surface area (Å²) in [6.45, 7) is 6.50. The number of nitrogens with zero attached hydrogens (tertiary/aromatic N) is 1. The summed E-state index contributed by atoms with van der Waals surface area (Å²) in [6, 6.07) is 7.27. The SMILES string of the molecule is COCc1cccc(NC(=O)C(=O)NCCCN2CCC(C)CC2)c1. The van der Waals surface area contributed by atoms with Crippen LogP contribution in [-0.4, -0.2) is 50.0 Å². The molecule has 1 aliphatic rings. The third-order valence-electron chi connectivity index (χ3n) is 4.52. The van der Waals surface area contributed by atoms with E-state index in [0.29, 0.717) is 18.8 Å². The van der Waals surface area contributed by atoms with E-state index < -0.39 is 11.8 Å². The van der Waals surface area contributed by atoms with Gasteiger partial charge in [-0.05, 0) is 62.5 Å². The largest absolute Gasteiger partial charge is 0.380 e. The zero-order valence-electron chi connectivity index (χ0n) is 15.2. The Labute approximate surface area is 149 Å². The molecule has 2 N–H and O–H groups in total. The molecule has 1 aliphatic heterocycles. The van der Waals surface area contributed by atoms with Crippen molar-refractivity contribution in [3.63, 3.8) is 0 Å². The van der Waals surface area contributed by atoms with E-state index in [1.807, 2.05) is 12.1 Å². The summed E-state index contributed by atoms with van der Waals surface area (Å²) in [6.07, 6.45) is 3.35. The van der Waals surface area contributed by atoms with Gasteiger partial charge in [0.15, 0.2) is 0 Å². The number of piperidine rings is 1. The zero-order valence-corrected chi connectivity index (χ0v) is 15.2. The van der Waals surface area contributed by atoms with Crippen LogP contribution in [0.4, 0.5) is 5.69 Å². The Kier molecular flexibility index (Phi) is 7.88. The standard InChI is InChI=1S/C19H29N3O3/c1-15-7-11-22(12-8-15)10-4-9-20-18(23)19(24)21-17-6-3-5-16(13-17)14-25-2/h3,5-6,13,15H,4,7-12,14H2,1-2H3,(H,20,23)(H,21,24). The molecule has 1 fully saturated rings. The van der Waals surface area contributed by atoms with Crippen molar-refractivity contribution in [2.75, 3.05) is 38.6 Å². The molecule has 2 rings (SSSR count). The molecule has 0 saturated carbocycles. The minimum atomic E-state index is -0.638. The molecule has 0 unspecified atom stereocenters. The average Bonchev–Trinajstić information content (AvgIpc) is 2.60. The van der Waals surface area contributed by atoms with Gasteiger partial charge >= 0.3 is 11.8 Å². The number of ether oxygens (including phenoxy) is 1. The molecular weight excluding hydrogens is 318 g/mol. The van der Waals surface area contributed by atoms with Gasteiger partial charge in [0.2, 0.25) is 0 Å². The van der Waals surface area contributed by atoms with Crippen LogP contribution in [0.15, 0.2) is 24.3 Å². The molecule has 25 heavy (non-hydrogen) atoms. The molecule has 1 heterocycles. The molecule has 0 bridgehead atoms. The van der Waals surface area contributed by atoms with Crippen molar-refractivity contribution in [1.29, 1.82) is 0 Å². The van der Waals surface area contributed by atoms with Crippen molar-refractivity contribution in [2.45, 2.75) is 32.8 Å². The van der Waals surface area contributed by atoms with Crippen molar-refractivity contribution in [3.8, 4) is 0 Å². The van der Waals surface area contributed by atoms with Crippen LogP contribution in [0.25, 0.3) is 0 Å². The summed E-state index contributed by atoms with van der Waals surface area (Å²) in [7, 11) is 1.61. The lowest BCUT2D eigenvalue weighted by Gasteiger charge is -2.30. The predicted molar refractivity (Wildman–Crippen MR) is 98.2 cm³/mol. The molecule has 1 aromatic rings. The van der Waals surface area contributed by atoms with Gasteiger partial charge in [0.1, 0.15) is 0 Å². The van der Waals surface area contributed by atoms with Crippen LogP contribution in [0.2, 0.25) is 0 Å². The molecular formula is C19H29N3O3. The topological polar surface area (TPSA) is 70.7 Å². The molecule has 1 saturated heterocycles. The van der Waals surface area contributed by atoms with Gasteiger partial charge < -0.3 is 20.3 Å². The summed E-state index contributed by atoms with van der Waals surface area (Å²) < 4.78 is 5.06. The Hall–Kier alpha value is -1.92. The van der Waals surface area contributed by atoms with Gasteiger partial charge in [-0.2, -0.15) is 0 Å². The van der Waals surface area contributed by atoms with E-state index in [4.69, 9.17) is 4.74 Å². The van der Waals surface area contributed by atoms with Gasteiger partial charge in [-0.25, -0.2) is 0 Å². The highest BCUT2D eigenvalue weighted by Gasteiger charge is 2.16. The fourth-order valence-electron chi connectivity index (χ4n) is 2.96. The Balaban J connectivity index is 1.66. The Bertz CT molecular complexity index is 569. The summed E-state index contributed by atoms with van der Waals surface area (Å²) in [4.78, 5) is 26.3. The maximum atomic E-state index is 11.9. The van der Waals surface area contributed by atoms with Crippen LogP contribution < -0.4 is 10.6 Å². The van der Waals surface area contributed by atoms with E-state index >= 15 is 0 Å². The lowest BCUT2D eigenvalue weighted by molar-refractivity contribution is -0.136. The molecule has 0 atom stereocenters. The lowest BCUT2D eigenvalue weighted by Crippen LogP contribution is -2.38. The number of anilines is 1. The maximum absolute atomic E-state index is 11.9. The number of amides is 2. The first-order valence-corrected chi connectivity index (χ1v) is 8.98. The van der Waals surface area contributed by atoms with E-state index in [-0.39, 0.29) is 0 Å². The number of methoxy groups -OCH3 is 1. The smallest absolute Gasteiger partial charge is 0.313 e. The quantitative estimate of drug-likeness (QED) is 0.585. The number of benzene rings is 1. The fourth-order valence-corrected chi connectivity index (χ4v) is 2.96. The first-order chi connectivity index (χ1) is 12.1. The molecule has 0 aliphatic carbocycles. The summed E-state index contributed by atoms with van der Waals surface area (Å²) in [5.74, 6) is -0.409. The normalized spacial score (nSPS) is 15.8. The first-order valence-electron chi connectivity index (χ1n) is 8.98. The van der Waals surface area contributed by atoms with E-state index in [0.717, 1.165) is 37.5 Å². The first kappa shape index (κ1) is 19.4. The lowest BCUT2D eigenvalue weighted by atomic mass is 9.99. The van der Waals surface area contributed by atoms with Crippen LogP contribution in [0.1, 0.15) is 31.7 Å². The number of hydrogen-bond donors (Lipinski definition) is 2. The fraction of sp³-hybridized carbons (Fsp3) is 0.579. The Morgan fingerprint density at radius 3 is 2.72 bits per heavy atom. The third kappa shape index (κ3) is 6.84. The van der Waals surface area contributed by atoms with Crippen LogP contribution in [0, 0.1) is 5.92 Å². The highest BCUT2D eigenvalue weighted by molar-refractivity contribution is 6.39. The molecule has 2 amide bonds. The van der Waals surface area contributed by atoms with Crippen LogP contribution in [0.3, 0.4) is 0 Å². The van der Waals surface area contributed by atoms with Crippen molar-refractivity contribution >= 4 is 17.5 Å². The molecule has 1 aromatic carbocycles. The van der Waals surface area contributed by atoms with Gasteiger partial charge in [0, 0.05) is 19.3 Å². The monoisotopic (exact) mass is 347 g/mol. The summed E-state index contributed by atoms with van der Waals surface area (Å²) in [5, 5.41) is 5.31. The van der Waals surface area contributed by atoms with Gasteiger partial charge in [-0.15, -0.1) is 0 Å². The van der Waals surface area contributed by atoms with Gasteiger partial charge in [-0.3, -0.25) is 9.59 Å². The van der Waals surface area contributed by atoms with Crippen LogP contribution in [0.5, 0.6) is 0 Å². The number of carbonyl (C=O) groups excluding carboxylic acids is 2. The van der Waals surface area contributed by atoms with Crippen molar-refractivity contribution in [3.05, 3.63) is 29.8 Å². The second kappa shape index (κ2) is 10.2. The zero-order chi connectivity index (χ0) is 18.1. The number of likely N-dealkylation sites (tertiary alicyclic amines) is 1. The van der Waals surface area contributed by atoms with Crippen molar-refractivity contribution in [2.24, 2.45) is 5.92 Å². The maximum Gasteiger partial charge on any atom is 0.313 e. The molecule has 0 aromatic heterocycles. The molecule has 138 valence electrons. The highest BCUT2D eigenvalue weighted by Crippen LogP contribution is 2.15. The number of rotatable bonds is 7. The highest BCUT2D eigenvalue weighted by atomic mass is 16.5. The van der Waals surface area contributed by atoms with Crippen LogP contribution >= 0.6 is 0 Å². The number of nitrogens with one attached hydrogen (secondary N) is 2. The molecule has 6 heteroatoms. The molecule has 0 radical (unpaired) electrons. The van der Waals surface area contributed by atoms with Crippen molar-refractivity contribution < 1.29 is 14.3 Å². The number of hydrogen-bond acceptors (Lipinski definition) is 4. The summed E-state index contributed by atoms with van der Waals surface area (Å²) in [5.41, 5.74) is 1.54. The second-order valence-electron chi connectivity index (χ2n) is 6.72. The van der Waals surface area contributed by atoms with Gasteiger partial charge in [-0.1, -0.05) is 19.1 Å². The summed E-state index contributed by atoms with van der Waals surface area (Å²) >= 11 is 0. The van der Waals surface area contributed by atoms with E-state index in [9.17, 15) is 9.59 Å². The molecule has 6 nitrogen and oxygen atoms in total. The van der Waals surface area contributed by atoms with E-state index in [2.05, 4.69) is 22.5 Å². The third-order valence-corrected chi connectivity index (χ3v) is 4.52. The number of carbonyl (C=O) groups is 2. The van der Waals surface area contributed by atoms with Crippen molar-refractivity contribution in [1.82, 2.24) is 10.2 Å². The Morgan fingerprint density at radius 2 is 2.00 bits per heavy atom.